The third-order valence-electron chi connectivity index (χ3n) is 4.06. The summed E-state index contributed by atoms with van der Waals surface area (Å²) in [5, 5.41) is 35.1. The molecule has 6 nitrogen and oxygen atoms in total. The minimum Gasteiger partial charge on any atom is -0.548 e. The van der Waals surface area contributed by atoms with Gasteiger partial charge in [0, 0.05) is 5.75 Å². The summed E-state index contributed by atoms with van der Waals surface area (Å²) in [6.07, 6.45) is 20.0. The molecule has 32 heavy (non-hydrogen) atoms. The van der Waals surface area contributed by atoms with Crippen molar-refractivity contribution < 1.29 is 30.0 Å². The molecule has 1 aliphatic rings. The molecule has 0 aliphatic carbocycles. The first-order valence-corrected chi connectivity index (χ1v) is 18.1. The molecule has 0 amide bonds. The number of hydrogen-bond acceptors (Lipinski definition) is 8. The van der Waals surface area contributed by atoms with Gasteiger partial charge in [-0.1, -0.05) is 27.7 Å². The fourth-order valence-corrected chi connectivity index (χ4v) is 7.52. The molecular weight excluding hydrogens is 555 g/mol. The molecule has 0 aromatic rings. The van der Waals surface area contributed by atoms with Crippen LogP contribution in [-0.4, -0.2) is 62.3 Å². The number of hydrogen-bond donors (Lipinski definition) is 2. The van der Waals surface area contributed by atoms with E-state index >= 15 is 0 Å². The van der Waals surface area contributed by atoms with Crippen LogP contribution in [0.15, 0.2) is 11.5 Å². The topological polar surface area (TPSA) is 121 Å². The summed E-state index contributed by atoms with van der Waals surface area (Å²) < 4.78 is 3.31. The Balaban J connectivity index is -0.000000449. The zero-order valence-electron chi connectivity index (χ0n) is 20.0. The van der Waals surface area contributed by atoms with Gasteiger partial charge in [0.2, 0.25) is 0 Å². The summed E-state index contributed by atoms with van der Waals surface area (Å²) in [6, 6.07) is 0. The maximum Gasteiger partial charge on any atom is 0.0826 e. The minimum absolute atomic E-state index is 0.0736. The number of rotatable bonds is 16. The minimum atomic E-state index is -1.44. The van der Waals surface area contributed by atoms with Crippen LogP contribution in [0.5, 0.6) is 0 Å². The maximum absolute atomic E-state index is 9.01. The Labute approximate surface area is 214 Å². The van der Waals surface area contributed by atoms with E-state index in [4.69, 9.17) is 30.0 Å². The van der Waals surface area contributed by atoms with Gasteiger partial charge in [-0.15, -0.1) is 0 Å². The zero-order chi connectivity index (χ0) is 24.7. The summed E-state index contributed by atoms with van der Waals surface area (Å²) >= 11 is 0.0736. The molecule has 0 fully saturated rings. The molecule has 0 unspecified atom stereocenters. The van der Waals surface area contributed by atoms with Gasteiger partial charge in [0.15, 0.2) is 0 Å². The van der Waals surface area contributed by atoms with Crippen molar-refractivity contribution in [2.75, 3.05) is 19.0 Å². The van der Waals surface area contributed by atoms with Gasteiger partial charge in [0.25, 0.3) is 0 Å². The number of unbranched alkanes of at least 4 members (excludes halogenated alkanes) is 10. The first kappa shape index (κ1) is 36.7. The molecule has 0 saturated carbocycles. The second kappa shape index (κ2) is 35.7. The van der Waals surface area contributed by atoms with Crippen LogP contribution in [0.25, 0.3) is 0 Å². The number of aliphatic hydroxyl groups is 2. The quantitative estimate of drug-likeness (QED) is 0.157. The molecule has 0 aromatic heterocycles. The van der Waals surface area contributed by atoms with E-state index in [1.165, 1.54) is 70.0 Å². The first-order valence-electron chi connectivity index (χ1n) is 11.7. The zero-order valence-corrected chi connectivity index (χ0v) is 24.5. The van der Waals surface area contributed by atoms with Crippen molar-refractivity contribution in [1.82, 2.24) is 0 Å². The van der Waals surface area contributed by atoms with Crippen LogP contribution in [0.3, 0.4) is 0 Å². The molecule has 0 bridgehead atoms. The van der Waals surface area contributed by atoms with Crippen LogP contribution in [0.1, 0.15) is 90.9 Å². The van der Waals surface area contributed by atoms with Crippen molar-refractivity contribution >= 4 is 54.7 Å². The molecule has 9 heteroatoms. The van der Waals surface area contributed by atoms with Gasteiger partial charge >= 0.3 is 121 Å². The van der Waals surface area contributed by atoms with E-state index < -0.39 is 25.2 Å². The number of aliphatic carboxylic acids is 2. The summed E-state index contributed by atoms with van der Waals surface area (Å²) in [6.45, 7) is 2.82. The van der Waals surface area contributed by atoms with Crippen LogP contribution in [-0.2, 0) is 9.59 Å². The Morgan fingerprint density at radius 1 is 0.781 bits per heavy atom. The monoisotopic (exact) mass is 600 g/mol. The maximum atomic E-state index is 9.01. The van der Waals surface area contributed by atoms with Crippen molar-refractivity contribution in [2.24, 2.45) is 0 Å². The number of carbonyl (C=O) groups is 2. The van der Waals surface area contributed by atoms with Crippen molar-refractivity contribution in [3.8, 4) is 0 Å². The molecule has 0 spiro atoms. The third-order valence-corrected chi connectivity index (χ3v) is 10.0. The molecule has 1 heterocycles. The Bertz CT molecular complexity index is 378. The fraction of sp³-hybridized carbons (Fsp3) is 0.826. The molecule has 1 rings (SSSR count). The van der Waals surface area contributed by atoms with E-state index in [1.807, 2.05) is 21.6 Å². The van der Waals surface area contributed by atoms with Crippen LogP contribution in [0, 0.1) is 0 Å². The standard InChI is InChI=1S/2C8H17.C3H4S2.2C2H4O3.Sn/c2*1-3-5-7-8-6-4-2;1-2-4-5-3-1;2*3-1-2(4)5;/h2*1,3-8H2,2H3;1-2H,3H2;2*3H,1H2,(H,4,5);/q;;;;;+2/p-2. The Morgan fingerprint density at radius 2 is 1.16 bits per heavy atom. The average Bonchev–Trinajstić information content (AvgIpc) is 3.38. The van der Waals surface area contributed by atoms with E-state index in [2.05, 4.69) is 25.3 Å². The number of carboxylic acids is 2. The first-order chi connectivity index (χ1) is 15.5. The second-order valence-electron chi connectivity index (χ2n) is 7.10. The fourth-order valence-electron chi connectivity index (χ4n) is 2.38. The normalized spacial score (nSPS) is 11.1. The number of carbonyl (C=O) groups excluding carboxylic acids is 2. The van der Waals surface area contributed by atoms with Gasteiger partial charge in [0.1, 0.15) is 0 Å². The average molecular weight is 599 g/mol. The molecule has 1 aliphatic heterocycles. The van der Waals surface area contributed by atoms with Gasteiger partial charge in [-0.05, 0) is 5.41 Å². The Morgan fingerprint density at radius 3 is 1.41 bits per heavy atom. The van der Waals surface area contributed by atoms with Crippen molar-refractivity contribution in [1.29, 1.82) is 0 Å². The van der Waals surface area contributed by atoms with Crippen molar-refractivity contribution in [3.05, 3.63) is 11.5 Å². The summed E-state index contributed by atoms with van der Waals surface area (Å²) in [5.74, 6) is -1.68. The molecule has 0 saturated heterocycles. The van der Waals surface area contributed by atoms with E-state index in [-0.39, 0.29) is 21.1 Å². The van der Waals surface area contributed by atoms with Crippen LogP contribution < -0.4 is 10.2 Å². The van der Waals surface area contributed by atoms with Crippen molar-refractivity contribution in [3.63, 3.8) is 0 Å². The predicted molar refractivity (Wildman–Crippen MR) is 135 cm³/mol. The Kier molecular flexibility index (Phi) is 40.9. The largest absolute Gasteiger partial charge is 0.548 e. The summed E-state index contributed by atoms with van der Waals surface area (Å²) in [7, 11) is 3.69. The summed E-state index contributed by atoms with van der Waals surface area (Å²) in [5.41, 5.74) is 0. The Hall–Kier alpha value is 0.0987. The van der Waals surface area contributed by atoms with Gasteiger partial charge in [-0.3, -0.25) is 0 Å². The van der Waals surface area contributed by atoms with E-state index in [0.29, 0.717) is 0 Å². The van der Waals surface area contributed by atoms with Gasteiger partial charge < -0.3 is 30.0 Å². The van der Waals surface area contributed by atoms with Crippen LogP contribution >= 0.6 is 21.6 Å². The molecule has 0 atom stereocenters. The molecule has 0 aromatic carbocycles. The number of carboxylic acid groups (broad SMARTS) is 2. The third kappa shape index (κ3) is 47.8. The van der Waals surface area contributed by atoms with E-state index in [1.54, 1.807) is 21.7 Å². The smallest absolute Gasteiger partial charge is 0.0826 e. The van der Waals surface area contributed by atoms with Gasteiger partial charge in [-0.2, -0.15) is 0 Å². The molecular formula is C23H44O6S2Sn. The number of aliphatic hydroxyl groups excluding tert-OH is 2. The van der Waals surface area contributed by atoms with E-state index in [0.717, 1.165) is 0 Å². The van der Waals surface area contributed by atoms with Crippen LogP contribution in [0.2, 0.25) is 8.87 Å². The SMILES string of the molecule is C1=CSSC1.CCCCCCC[CH2][Sn+2][CH2]CCCCCCC.O=C([O-])CO.O=C([O-])CO. The second-order valence-corrected chi connectivity index (χ2v) is 13.7. The van der Waals surface area contributed by atoms with Crippen molar-refractivity contribution in [2.45, 2.75) is 99.8 Å². The van der Waals surface area contributed by atoms with Gasteiger partial charge in [-0.25, -0.2) is 0 Å². The molecule has 2 N–H and O–H groups in total. The van der Waals surface area contributed by atoms with E-state index in [9.17, 15) is 0 Å². The summed E-state index contributed by atoms with van der Waals surface area (Å²) in [4.78, 5) is 18.0. The van der Waals surface area contributed by atoms with Crippen LogP contribution in [0.4, 0.5) is 0 Å². The van der Waals surface area contributed by atoms with Gasteiger partial charge in [0.05, 0.1) is 25.2 Å². The predicted octanol–water partition coefficient (Wildman–Crippen LogP) is 3.60. The molecule has 0 radical (unpaired) electrons. The molecule has 188 valence electrons.